The number of carbonyl (C=O) groups excluding carboxylic acids is 1. The Morgan fingerprint density at radius 2 is 1.69 bits per heavy atom. The number of fused-ring (bicyclic) bond motifs is 1. The summed E-state index contributed by atoms with van der Waals surface area (Å²) in [6, 6.07) is 13.7. The minimum Gasteiger partial charge on any atom is -0.361 e. The lowest BCUT2D eigenvalue weighted by Crippen LogP contribution is -2.40. The molecule has 4 aromatic rings. The molecule has 0 saturated carbocycles. The third-order valence-corrected chi connectivity index (χ3v) is 7.30. The first kappa shape index (κ1) is 26.4. The third kappa shape index (κ3) is 5.23. The molecule has 0 aliphatic carbocycles. The Balaban J connectivity index is 1.41. The molecule has 10 heteroatoms. The van der Waals surface area contributed by atoms with Gasteiger partial charge in [0.1, 0.15) is 5.82 Å². The van der Waals surface area contributed by atoms with E-state index in [9.17, 15) is 22.8 Å². The molecular weight excluding hydrogens is 507 g/mol. The minimum atomic E-state index is -2.93. The van der Waals surface area contributed by atoms with Crippen LogP contribution in [0.4, 0.5) is 19.0 Å². The number of hydrogen-bond acceptors (Lipinski definition) is 5. The van der Waals surface area contributed by atoms with Gasteiger partial charge in [0.05, 0.1) is 17.3 Å². The highest BCUT2D eigenvalue weighted by Gasteiger charge is 2.26. The number of anilines is 1. The van der Waals surface area contributed by atoms with Crippen molar-refractivity contribution in [2.75, 3.05) is 18.4 Å². The predicted molar refractivity (Wildman–Crippen MR) is 143 cm³/mol. The standard InChI is InChI=1S/C29H28F3N5O2/c1-17(21-9-6-10-22(26(21)30)27(31)32)33-28-24-16-37(25(38)15-23(24)18(2)34-35-28)20-11-13-36(14-12-20)29(39)19-7-4-3-5-8-19/h3-10,15-17,20,27H,11-14H2,1-2H3,(H,33,35)/t17-/m1/s1. The van der Waals surface area contributed by atoms with Gasteiger partial charge in [-0.1, -0.05) is 36.4 Å². The van der Waals surface area contributed by atoms with Gasteiger partial charge in [0, 0.05) is 53.3 Å². The first-order valence-corrected chi connectivity index (χ1v) is 12.8. The molecular formula is C29H28F3N5O2. The molecule has 0 unspecified atom stereocenters. The Hall–Kier alpha value is -4.21. The molecule has 1 atom stereocenters. The number of hydrogen-bond donors (Lipinski definition) is 1. The molecule has 0 radical (unpaired) electrons. The first-order chi connectivity index (χ1) is 18.7. The van der Waals surface area contributed by atoms with Crippen LogP contribution >= 0.6 is 0 Å². The molecule has 0 bridgehead atoms. The number of piperidine rings is 1. The second kappa shape index (κ2) is 10.9. The van der Waals surface area contributed by atoms with Crippen LogP contribution < -0.4 is 10.9 Å². The van der Waals surface area contributed by atoms with Crippen molar-refractivity contribution in [1.82, 2.24) is 19.7 Å². The number of likely N-dealkylation sites (tertiary alicyclic amines) is 1. The first-order valence-electron chi connectivity index (χ1n) is 12.8. The SMILES string of the molecule is Cc1nnc(N[C@H](C)c2cccc(C(F)F)c2F)c2cn(C3CCN(C(=O)c4ccccc4)CC3)c(=O)cc12. The van der Waals surface area contributed by atoms with Crippen LogP contribution in [0.25, 0.3) is 10.8 Å². The average Bonchev–Trinajstić information content (AvgIpc) is 2.94. The molecule has 1 aliphatic rings. The van der Waals surface area contributed by atoms with Crippen molar-refractivity contribution >= 4 is 22.5 Å². The number of pyridine rings is 1. The van der Waals surface area contributed by atoms with E-state index in [-0.39, 0.29) is 23.1 Å². The van der Waals surface area contributed by atoms with Crippen molar-refractivity contribution in [3.05, 3.63) is 99.3 Å². The second-order valence-electron chi connectivity index (χ2n) is 9.79. The molecule has 1 amide bonds. The highest BCUT2D eigenvalue weighted by Crippen LogP contribution is 2.31. The number of aromatic nitrogens is 3. The van der Waals surface area contributed by atoms with Gasteiger partial charge in [-0.25, -0.2) is 13.2 Å². The summed E-state index contributed by atoms with van der Waals surface area (Å²) in [5.74, 6) is -0.685. The van der Waals surface area contributed by atoms with Gasteiger partial charge in [0.25, 0.3) is 17.9 Å². The average molecular weight is 536 g/mol. The molecule has 7 nitrogen and oxygen atoms in total. The minimum absolute atomic E-state index is 0.0329. The maximum Gasteiger partial charge on any atom is 0.266 e. The van der Waals surface area contributed by atoms with Crippen molar-refractivity contribution in [1.29, 1.82) is 0 Å². The van der Waals surface area contributed by atoms with Gasteiger partial charge in [0.15, 0.2) is 5.82 Å². The molecule has 39 heavy (non-hydrogen) atoms. The van der Waals surface area contributed by atoms with Crippen molar-refractivity contribution in [2.45, 2.75) is 45.2 Å². The smallest absolute Gasteiger partial charge is 0.266 e. The molecule has 0 spiro atoms. The Morgan fingerprint density at radius 1 is 1.00 bits per heavy atom. The number of halogens is 3. The quantitative estimate of drug-likeness (QED) is 0.336. The zero-order chi connectivity index (χ0) is 27.7. The van der Waals surface area contributed by atoms with E-state index >= 15 is 0 Å². The molecule has 5 rings (SSSR count). The van der Waals surface area contributed by atoms with E-state index in [4.69, 9.17) is 0 Å². The Labute approximate surface area is 223 Å². The number of aryl methyl sites for hydroxylation is 1. The van der Waals surface area contributed by atoms with E-state index in [0.29, 0.717) is 53.8 Å². The normalized spacial score (nSPS) is 15.1. The molecule has 1 N–H and O–H groups in total. The van der Waals surface area contributed by atoms with Crippen molar-refractivity contribution in [3.63, 3.8) is 0 Å². The zero-order valence-corrected chi connectivity index (χ0v) is 21.6. The summed E-state index contributed by atoms with van der Waals surface area (Å²) < 4.78 is 42.9. The third-order valence-electron chi connectivity index (χ3n) is 7.30. The van der Waals surface area contributed by atoms with Gasteiger partial charge in [-0.05, 0) is 38.8 Å². The lowest BCUT2D eigenvalue weighted by atomic mass is 10.0. The lowest BCUT2D eigenvalue weighted by molar-refractivity contribution is 0.0693. The van der Waals surface area contributed by atoms with E-state index in [0.717, 1.165) is 6.07 Å². The van der Waals surface area contributed by atoms with Crippen molar-refractivity contribution < 1.29 is 18.0 Å². The van der Waals surface area contributed by atoms with Crippen molar-refractivity contribution in [3.8, 4) is 0 Å². The van der Waals surface area contributed by atoms with E-state index < -0.39 is 23.8 Å². The topological polar surface area (TPSA) is 80.1 Å². The van der Waals surface area contributed by atoms with Gasteiger partial charge in [0.2, 0.25) is 0 Å². The summed E-state index contributed by atoms with van der Waals surface area (Å²) in [7, 11) is 0. The predicted octanol–water partition coefficient (Wildman–Crippen LogP) is 5.83. The summed E-state index contributed by atoms with van der Waals surface area (Å²) in [4.78, 5) is 27.7. The number of benzene rings is 2. The van der Waals surface area contributed by atoms with Gasteiger partial charge in [-0.15, -0.1) is 5.10 Å². The number of carbonyl (C=O) groups is 1. The van der Waals surface area contributed by atoms with Gasteiger partial charge in [-0.2, -0.15) is 5.10 Å². The lowest BCUT2D eigenvalue weighted by Gasteiger charge is -2.33. The van der Waals surface area contributed by atoms with Gasteiger partial charge >= 0.3 is 0 Å². The van der Waals surface area contributed by atoms with E-state index in [1.807, 2.05) is 18.2 Å². The van der Waals surface area contributed by atoms with Crippen LogP contribution in [-0.4, -0.2) is 38.7 Å². The molecule has 202 valence electrons. The molecule has 3 heterocycles. The summed E-state index contributed by atoms with van der Waals surface area (Å²) in [6.45, 7) is 4.42. The number of alkyl halides is 2. The fraction of sp³-hybridized carbons (Fsp3) is 0.310. The van der Waals surface area contributed by atoms with E-state index in [2.05, 4.69) is 15.5 Å². The van der Waals surface area contributed by atoms with Crippen LogP contribution in [0, 0.1) is 12.7 Å². The van der Waals surface area contributed by atoms with Gasteiger partial charge < -0.3 is 14.8 Å². The number of nitrogens with zero attached hydrogens (tertiary/aromatic N) is 4. The Kier molecular flexibility index (Phi) is 7.36. The molecule has 1 aliphatic heterocycles. The van der Waals surface area contributed by atoms with Crippen LogP contribution in [-0.2, 0) is 0 Å². The maximum absolute atomic E-state index is 14.8. The highest BCUT2D eigenvalue weighted by atomic mass is 19.3. The zero-order valence-electron chi connectivity index (χ0n) is 21.6. The Morgan fingerprint density at radius 3 is 2.38 bits per heavy atom. The summed E-state index contributed by atoms with van der Waals surface area (Å²) in [6.07, 6.45) is -0.000839. The summed E-state index contributed by atoms with van der Waals surface area (Å²) >= 11 is 0. The second-order valence-corrected chi connectivity index (χ2v) is 9.79. The van der Waals surface area contributed by atoms with Crippen LogP contribution in [0.1, 0.15) is 65.5 Å². The highest BCUT2D eigenvalue weighted by molar-refractivity contribution is 5.94. The fourth-order valence-electron chi connectivity index (χ4n) is 5.13. The van der Waals surface area contributed by atoms with E-state index in [1.165, 1.54) is 18.2 Å². The number of nitrogens with one attached hydrogen (secondary N) is 1. The Bertz CT molecular complexity index is 1570. The van der Waals surface area contributed by atoms with Crippen molar-refractivity contribution in [2.24, 2.45) is 0 Å². The van der Waals surface area contributed by atoms with Crippen LogP contribution in [0.15, 0.2) is 65.6 Å². The number of rotatable bonds is 6. The summed E-state index contributed by atoms with van der Waals surface area (Å²) in [5.41, 5.74) is 0.412. The monoisotopic (exact) mass is 535 g/mol. The molecule has 2 aromatic heterocycles. The molecule has 1 saturated heterocycles. The largest absolute Gasteiger partial charge is 0.361 e. The van der Waals surface area contributed by atoms with Crippen LogP contribution in [0.3, 0.4) is 0 Å². The summed E-state index contributed by atoms with van der Waals surface area (Å²) in [5, 5.41) is 12.7. The fourth-order valence-corrected chi connectivity index (χ4v) is 5.13. The molecule has 2 aromatic carbocycles. The molecule has 1 fully saturated rings. The maximum atomic E-state index is 14.8. The van der Waals surface area contributed by atoms with Gasteiger partial charge in [-0.3, -0.25) is 9.59 Å². The van der Waals surface area contributed by atoms with E-state index in [1.54, 1.807) is 41.6 Å². The van der Waals surface area contributed by atoms with Crippen LogP contribution in [0.2, 0.25) is 0 Å². The number of amides is 1. The van der Waals surface area contributed by atoms with Crippen LogP contribution in [0.5, 0.6) is 0 Å².